The van der Waals surface area contributed by atoms with Crippen molar-refractivity contribution in [2.24, 2.45) is 0 Å². The van der Waals surface area contributed by atoms with E-state index in [0.29, 0.717) is 6.42 Å². The Labute approximate surface area is 76.7 Å². The molecular formula is C10H11NO2. The molecule has 1 fully saturated rings. The summed E-state index contributed by atoms with van der Waals surface area (Å²) < 4.78 is 4.90. The molecule has 0 spiro atoms. The summed E-state index contributed by atoms with van der Waals surface area (Å²) >= 11 is 0. The predicted octanol–water partition coefficient (Wildman–Crippen LogP) is 1.33. The average Bonchev–Trinajstić information content (AvgIpc) is 2.12. The molecule has 0 N–H and O–H groups in total. The monoisotopic (exact) mass is 177 g/mol. The molecule has 1 aromatic heterocycles. The number of hydrogen-bond donors (Lipinski definition) is 0. The number of aryl methyl sites for hydroxylation is 1. The van der Waals surface area contributed by atoms with Crippen molar-refractivity contribution in [2.75, 3.05) is 0 Å². The minimum Gasteiger partial charge on any atom is -0.462 e. The van der Waals surface area contributed by atoms with Gasteiger partial charge in [-0.25, -0.2) is 0 Å². The van der Waals surface area contributed by atoms with Gasteiger partial charge < -0.3 is 4.74 Å². The van der Waals surface area contributed by atoms with Gasteiger partial charge in [0, 0.05) is 12.4 Å². The molecule has 2 heterocycles. The van der Waals surface area contributed by atoms with E-state index in [0.717, 1.165) is 12.8 Å². The maximum atomic E-state index is 10.5. The predicted molar refractivity (Wildman–Crippen MR) is 47.1 cm³/mol. The lowest BCUT2D eigenvalue weighted by Gasteiger charge is -2.25. The molecule has 0 amide bonds. The van der Waals surface area contributed by atoms with Gasteiger partial charge in [0.2, 0.25) is 0 Å². The fourth-order valence-electron chi connectivity index (χ4n) is 1.40. The third kappa shape index (κ3) is 2.05. The third-order valence-corrected chi connectivity index (χ3v) is 2.17. The summed E-state index contributed by atoms with van der Waals surface area (Å²) in [5.41, 5.74) is 1.20. The molecule has 2 rings (SSSR count). The van der Waals surface area contributed by atoms with Gasteiger partial charge in [0.25, 0.3) is 0 Å². The Morgan fingerprint density at radius 3 is 3.08 bits per heavy atom. The number of pyridine rings is 1. The number of aromatic nitrogens is 1. The summed E-state index contributed by atoms with van der Waals surface area (Å²) in [5.74, 6) is -0.0730. The number of ether oxygens (including phenoxy) is 1. The second-order valence-electron chi connectivity index (χ2n) is 3.22. The van der Waals surface area contributed by atoms with Gasteiger partial charge in [-0.1, -0.05) is 6.07 Å². The summed E-state index contributed by atoms with van der Waals surface area (Å²) in [5, 5.41) is 0. The Morgan fingerprint density at radius 1 is 1.62 bits per heavy atom. The maximum absolute atomic E-state index is 10.5. The number of carbonyl (C=O) groups is 1. The van der Waals surface area contributed by atoms with Crippen LogP contribution in [0.4, 0.5) is 0 Å². The number of hydrogen-bond acceptors (Lipinski definition) is 3. The second kappa shape index (κ2) is 3.56. The molecule has 1 atom stereocenters. The zero-order chi connectivity index (χ0) is 9.10. The summed E-state index contributed by atoms with van der Waals surface area (Å²) in [6, 6.07) is 3.95. The van der Waals surface area contributed by atoms with Crippen LogP contribution in [-0.2, 0) is 16.0 Å². The van der Waals surface area contributed by atoms with Gasteiger partial charge in [-0.05, 0) is 24.5 Å². The smallest absolute Gasteiger partial charge is 0.309 e. The third-order valence-electron chi connectivity index (χ3n) is 2.17. The van der Waals surface area contributed by atoms with E-state index >= 15 is 0 Å². The van der Waals surface area contributed by atoms with Crippen LogP contribution in [0, 0.1) is 0 Å². The highest BCUT2D eigenvalue weighted by Gasteiger charge is 2.27. The van der Waals surface area contributed by atoms with Gasteiger partial charge in [-0.3, -0.25) is 9.78 Å². The van der Waals surface area contributed by atoms with Crippen LogP contribution >= 0.6 is 0 Å². The van der Waals surface area contributed by atoms with E-state index in [1.54, 1.807) is 6.20 Å². The molecule has 1 unspecified atom stereocenters. The van der Waals surface area contributed by atoms with Gasteiger partial charge in [0.15, 0.2) is 0 Å². The van der Waals surface area contributed by atoms with E-state index in [4.69, 9.17) is 4.74 Å². The maximum Gasteiger partial charge on any atom is 0.309 e. The molecule has 3 nitrogen and oxygen atoms in total. The lowest BCUT2D eigenvalue weighted by Crippen LogP contribution is -2.32. The minimum absolute atomic E-state index is 0.0730. The van der Waals surface area contributed by atoms with E-state index in [1.165, 1.54) is 5.56 Å². The summed E-state index contributed by atoms with van der Waals surface area (Å²) in [4.78, 5) is 14.5. The molecular weight excluding hydrogens is 166 g/mol. The zero-order valence-corrected chi connectivity index (χ0v) is 7.27. The Hall–Kier alpha value is -1.38. The van der Waals surface area contributed by atoms with E-state index in [2.05, 4.69) is 4.98 Å². The zero-order valence-electron chi connectivity index (χ0n) is 7.27. The van der Waals surface area contributed by atoms with Crippen LogP contribution in [0.15, 0.2) is 24.5 Å². The van der Waals surface area contributed by atoms with Crippen LogP contribution in [0.3, 0.4) is 0 Å². The molecule has 3 heteroatoms. The van der Waals surface area contributed by atoms with Gasteiger partial charge in [-0.15, -0.1) is 0 Å². The number of rotatable bonds is 3. The van der Waals surface area contributed by atoms with Gasteiger partial charge in [0.05, 0.1) is 6.42 Å². The fraction of sp³-hybridized carbons (Fsp3) is 0.400. The minimum atomic E-state index is -0.0730. The van der Waals surface area contributed by atoms with Crippen LogP contribution in [0.2, 0.25) is 0 Å². The molecule has 1 saturated heterocycles. The van der Waals surface area contributed by atoms with E-state index in [1.807, 2.05) is 18.3 Å². The molecule has 0 saturated carbocycles. The molecule has 1 aliphatic heterocycles. The number of carbonyl (C=O) groups excluding carboxylic acids is 1. The molecule has 1 aliphatic rings. The normalized spacial score (nSPS) is 20.6. The molecule has 0 aromatic carbocycles. The van der Waals surface area contributed by atoms with Crippen LogP contribution < -0.4 is 0 Å². The summed E-state index contributed by atoms with van der Waals surface area (Å²) in [7, 11) is 0. The molecule has 1 aromatic rings. The van der Waals surface area contributed by atoms with Crippen LogP contribution in [0.1, 0.15) is 18.4 Å². The van der Waals surface area contributed by atoms with Crippen LogP contribution in [0.5, 0.6) is 0 Å². The van der Waals surface area contributed by atoms with Crippen molar-refractivity contribution in [1.82, 2.24) is 4.98 Å². The number of nitrogens with zero attached hydrogens (tertiary/aromatic N) is 1. The van der Waals surface area contributed by atoms with E-state index < -0.39 is 0 Å². The van der Waals surface area contributed by atoms with Crippen molar-refractivity contribution >= 4 is 5.97 Å². The fourth-order valence-corrected chi connectivity index (χ4v) is 1.40. The lowest BCUT2D eigenvalue weighted by molar-refractivity contribution is -0.169. The second-order valence-corrected chi connectivity index (χ2v) is 3.22. The molecule has 0 aliphatic carbocycles. The molecule has 68 valence electrons. The van der Waals surface area contributed by atoms with Crippen molar-refractivity contribution in [2.45, 2.75) is 25.4 Å². The Kier molecular flexibility index (Phi) is 2.25. The Bertz CT molecular complexity index is 289. The molecule has 0 radical (unpaired) electrons. The van der Waals surface area contributed by atoms with Gasteiger partial charge >= 0.3 is 5.97 Å². The van der Waals surface area contributed by atoms with Crippen molar-refractivity contribution in [3.8, 4) is 0 Å². The van der Waals surface area contributed by atoms with Crippen molar-refractivity contribution in [3.05, 3.63) is 30.1 Å². The van der Waals surface area contributed by atoms with Gasteiger partial charge in [-0.2, -0.15) is 0 Å². The molecule has 0 bridgehead atoms. The number of esters is 1. The first-order chi connectivity index (χ1) is 6.34. The first-order valence-electron chi connectivity index (χ1n) is 4.43. The first-order valence-corrected chi connectivity index (χ1v) is 4.43. The highest BCUT2D eigenvalue weighted by atomic mass is 16.6. The van der Waals surface area contributed by atoms with Crippen LogP contribution in [0.25, 0.3) is 0 Å². The highest BCUT2D eigenvalue weighted by Crippen LogP contribution is 2.18. The summed E-state index contributed by atoms with van der Waals surface area (Å²) in [6.45, 7) is 0. The van der Waals surface area contributed by atoms with E-state index in [9.17, 15) is 4.79 Å². The standard InChI is InChI=1S/C10H11NO2/c12-10-6-9(13-10)4-3-8-2-1-5-11-7-8/h1-2,5,7,9H,3-4,6H2. The molecule has 13 heavy (non-hydrogen) atoms. The Balaban J connectivity index is 1.77. The van der Waals surface area contributed by atoms with Crippen LogP contribution in [-0.4, -0.2) is 17.1 Å². The number of cyclic esters (lactones) is 1. The largest absolute Gasteiger partial charge is 0.462 e. The summed E-state index contributed by atoms with van der Waals surface area (Å²) in [6.07, 6.45) is 6.18. The average molecular weight is 177 g/mol. The van der Waals surface area contributed by atoms with E-state index in [-0.39, 0.29) is 12.1 Å². The SMILES string of the molecule is O=C1CC(CCc2cccnc2)O1. The van der Waals surface area contributed by atoms with Crippen molar-refractivity contribution < 1.29 is 9.53 Å². The topological polar surface area (TPSA) is 39.2 Å². The first kappa shape index (κ1) is 8.23. The van der Waals surface area contributed by atoms with Gasteiger partial charge in [0.1, 0.15) is 6.10 Å². The lowest BCUT2D eigenvalue weighted by atomic mass is 10.0. The van der Waals surface area contributed by atoms with Crippen molar-refractivity contribution in [1.29, 1.82) is 0 Å². The van der Waals surface area contributed by atoms with Crippen molar-refractivity contribution in [3.63, 3.8) is 0 Å². The highest BCUT2D eigenvalue weighted by molar-refractivity contribution is 5.75. The Morgan fingerprint density at radius 2 is 2.46 bits per heavy atom. The quantitative estimate of drug-likeness (QED) is 0.654.